The number of rotatable bonds is 6. The molecule has 1 aromatic rings. The van der Waals surface area contributed by atoms with Gasteiger partial charge in [0.2, 0.25) is 0 Å². The van der Waals surface area contributed by atoms with Crippen molar-refractivity contribution in [2.75, 3.05) is 46.4 Å². The van der Waals surface area contributed by atoms with Crippen LogP contribution in [0.1, 0.15) is 30.5 Å². The Labute approximate surface area is 157 Å². The third kappa shape index (κ3) is 5.95. The number of likely N-dealkylation sites (tertiary alicyclic amines) is 1. The molecule has 2 N–H and O–H groups in total. The van der Waals surface area contributed by atoms with E-state index in [9.17, 15) is 0 Å². The first-order valence-electron chi connectivity index (χ1n) is 9.92. The van der Waals surface area contributed by atoms with E-state index >= 15 is 0 Å². The van der Waals surface area contributed by atoms with Crippen LogP contribution in [0.15, 0.2) is 23.3 Å². The molecule has 0 saturated carbocycles. The van der Waals surface area contributed by atoms with Gasteiger partial charge in [-0.3, -0.25) is 9.98 Å². The molecule has 2 aliphatic heterocycles. The Hall–Kier alpha value is -1.66. The molecule has 0 amide bonds. The molecule has 2 saturated heterocycles. The minimum Gasteiger partial charge on any atom is -0.381 e. The van der Waals surface area contributed by atoms with Gasteiger partial charge in [0.15, 0.2) is 5.96 Å². The van der Waals surface area contributed by atoms with Crippen LogP contribution in [0.2, 0.25) is 0 Å². The summed E-state index contributed by atoms with van der Waals surface area (Å²) in [5.74, 6) is 1.65. The highest BCUT2D eigenvalue weighted by Crippen LogP contribution is 2.17. The van der Waals surface area contributed by atoms with Crippen LogP contribution in [0.4, 0.5) is 0 Å². The summed E-state index contributed by atoms with van der Waals surface area (Å²) in [5, 5.41) is 7.02. The first-order valence-corrected chi connectivity index (χ1v) is 9.92. The van der Waals surface area contributed by atoms with E-state index < -0.39 is 0 Å². The summed E-state index contributed by atoms with van der Waals surface area (Å²) in [6.45, 7) is 8.31. The highest BCUT2D eigenvalue weighted by Gasteiger charge is 2.24. The smallest absolute Gasteiger partial charge is 0.191 e. The van der Waals surface area contributed by atoms with Crippen LogP contribution in [0.3, 0.4) is 0 Å². The number of aromatic nitrogens is 1. The molecule has 6 heteroatoms. The quantitative estimate of drug-likeness (QED) is 0.597. The van der Waals surface area contributed by atoms with Gasteiger partial charge < -0.3 is 20.3 Å². The number of guanidine groups is 1. The molecule has 2 aliphatic rings. The second-order valence-electron chi connectivity index (χ2n) is 7.51. The maximum atomic E-state index is 5.50. The Balaban J connectivity index is 1.34. The molecule has 0 bridgehead atoms. The minimum atomic E-state index is 0.512. The zero-order valence-corrected chi connectivity index (χ0v) is 16.2. The van der Waals surface area contributed by atoms with Crippen molar-refractivity contribution >= 4 is 5.96 Å². The van der Waals surface area contributed by atoms with Gasteiger partial charge in [-0.05, 0) is 50.2 Å². The molecule has 1 unspecified atom stereocenters. The van der Waals surface area contributed by atoms with Crippen LogP contribution in [0, 0.1) is 12.8 Å². The van der Waals surface area contributed by atoms with Gasteiger partial charge in [-0.15, -0.1) is 0 Å². The molecule has 0 aromatic carbocycles. The number of nitrogens with one attached hydrogen (secondary N) is 2. The van der Waals surface area contributed by atoms with E-state index in [1.807, 2.05) is 20.2 Å². The standard InChI is InChI=1S/C20H33N5O/c1-16-3-4-17(13-23-16)5-9-22-20(21-2)24-19-6-10-25(11-7-19)14-18-8-12-26-15-18/h3-4,13,18-19H,5-12,14-15H2,1-2H3,(H2,21,22,24). The maximum absolute atomic E-state index is 5.50. The SMILES string of the molecule is CN=C(NCCc1ccc(C)nc1)NC1CCN(CC2CCOC2)CC1. The molecule has 1 aromatic heterocycles. The fraction of sp³-hybridized carbons (Fsp3) is 0.700. The lowest BCUT2D eigenvalue weighted by atomic mass is 10.0. The Kier molecular flexibility index (Phi) is 7.26. The molecule has 3 rings (SSSR count). The largest absolute Gasteiger partial charge is 0.381 e. The van der Waals surface area contributed by atoms with E-state index in [4.69, 9.17) is 4.74 Å². The van der Waals surface area contributed by atoms with Crippen LogP contribution in [-0.4, -0.2) is 68.3 Å². The first kappa shape index (κ1) is 19.1. The summed E-state index contributed by atoms with van der Waals surface area (Å²) >= 11 is 0. The molecule has 0 radical (unpaired) electrons. The van der Waals surface area contributed by atoms with Gasteiger partial charge in [-0.2, -0.15) is 0 Å². The van der Waals surface area contributed by atoms with Crippen LogP contribution >= 0.6 is 0 Å². The number of aliphatic imine (C=N–C) groups is 1. The van der Waals surface area contributed by atoms with E-state index in [-0.39, 0.29) is 0 Å². The van der Waals surface area contributed by atoms with Crippen molar-refractivity contribution in [2.24, 2.45) is 10.9 Å². The summed E-state index contributed by atoms with van der Waals surface area (Å²) in [4.78, 5) is 11.3. The van der Waals surface area contributed by atoms with Gasteiger partial charge in [0.1, 0.15) is 0 Å². The molecule has 26 heavy (non-hydrogen) atoms. The number of hydrogen-bond donors (Lipinski definition) is 2. The Morgan fingerprint density at radius 2 is 2.15 bits per heavy atom. The predicted molar refractivity (Wildman–Crippen MR) is 106 cm³/mol. The van der Waals surface area contributed by atoms with Crippen LogP contribution < -0.4 is 10.6 Å². The van der Waals surface area contributed by atoms with E-state index in [1.165, 1.54) is 44.5 Å². The van der Waals surface area contributed by atoms with Gasteiger partial charge >= 0.3 is 0 Å². The highest BCUT2D eigenvalue weighted by atomic mass is 16.5. The van der Waals surface area contributed by atoms with Crippen molar-refractivity contribution in [3.05, 3.63) is 29.6 Å². The summed E-state index contributed by atoms with van der Waals surface area (Å²) in [6, 6.07) is 4.72. The molecule has 0 aliphatic carbocycles. The first-order chi connectivity index (χ1) is 12.7. The molecule has 0 spiro atoms. The van der Waals surface area contributed by atoms with Gasteiger partial charge in [0, 0.05) is 57.8 Å². The fourth-order valence-electron chi connectivity index (χ4n) is 3.71. The topological polar surface area (TPSA) is 61.8 Å². The fourth-order valence-corrected chi connectivity index (χ4v) is 3.71. The van der Waals surface area contributed by atoms with Gasteiger partial charge in [-0.25, -0.2) is 0 Å². The lowest BCUT2D eigenvalue weighted by molar-refractivity contribution is 0.150. The van der Waals surface area contributed by atoms with E-state index in [0.29, 0.717) is 6.04 Å². The molecular formula is C20H33N5O. The molecule has 144 valence electrons. The van der Waals surface area contributed by atoms with Gasteiger partial charge in [-0.1, -0.05) is 6.07 Å². The zero-order valence-electron chi connectivity index (χ0n) is 16.2. The zero-order chi connectivity index (χ0) is 18.2. The van der Waals surface area contributed by atoms with Crippen molar-refractivity contribution in [2.45, 2.75) is 38.6 Å². The highest BCUT2D eigenvalue weighted by molar-refractivity contribution is 5.79. The van der Waals surface area contributed by atoms with E-state index in [0.717, 1.165) is 43.8 Å². The average Bonchev–Trinajstić information content (AvgIpc) is 3.17. The van der Waals surface area contributed by atoms with Crippen molar-refractivity contribution in [3.63, 3.8) is 0 Å². The van der Waals surface area contributed by atoms with Gasteiger partial charge in [0.25, 0.3) is 0 Å². The Morgan fingerprint density at radius 3 is 2.81 bits per heavy atom. The number of ether oxygens (including phenoxy) is 1. The van der Waals surface area contributed by atoms with Crippen LogP contribution in [0.25, 0.3) is 0 Å². The van der Waals surface area contributed by atoms with Crippen molar-refractivity contribution in [3.8, 4) is 0 Å². The molecular weight excluding hydrogens is 326 g/mol. The van der Waals surface area contributed by atoms with Crippen molar-refractivity contribution in [1.82, 2.24) is 20.5 Å². The number of pyridine rings is 1. The number of hydrogen-bond acceptors (Lipinski definition) is 4. The summed E-state index contributed by atoms with van der Waals surface area (Å²) < 4.78 is 5.50. The third-order valence-electron chi connectivity index (χ3n) is 5.37. The summed E-state index contributed by atoms with van der Waals surface area (Å²) in [7, 11) is 1.85. The second-order valence-corrected chi connectivity index (χ2v) is 7.51. The predicted octanol–water partition coefficient (Wildman–Crippen LogP) is 1.60. The lowest BCUT2D eigenvalue weighted by Crippen LogP contribution is -2.49. The minimum absolute atomic E-state index is 0.512. The van der Waals surface area contributed by atoms with Crippen LogP contribution in [-0.2, 0) is 11.2 Å². The molecule has 2 fully saturated rings. The Morgan fingerprint density at radius 1 is 1.31 bits per heavy atom. The average molecular weight is 360 g/mol. The monoisotopic (exact) mass is 359 g/mol. The number of piperidine rings is 1. The molecule has 3 heterocycles. The van der Waals surface area contributed by atoms with Crippen molar-refractivity contribution < 1.29 is 4.74 Å². The van der Waals surface area contributed by atoms with E-state index in [2.05, 4.69) is 37.6 Å². The molecule has 6 nitrogen and oxygen atoms in total. The normalized spacial score (nSPS) is 22.5. The Bertz CT molecular complexity index is 560. The lowest BCUT2D eigenvalue weighted by Gasteiger charge is -2.34. The number of aryl methyl sites for hydroxylation is 1. The summed E-state index contributed by atoms with van der Waals surface area (Å²) in [6.07, 6.45) is 6.49. The third-order valence-corrected chi connectivity index (χ3v) is 5.37. The van der Waals surface area contributed by atoms with Crippen LogP contribution in [0.5, 0.6) is 0 Å². The van der Waals surface area contributed by atoms with Crippen molar-refractivity contribution in [1.29, 1.82) is 0 Å². The van der Waals surface area contributed by atoms with E-state index in [1.54, 1.807) is 0 Å². The second kappa shape index (κ2) is 9.88. The number of nitrogens with zero attached hydrogens (tertiary/aromatic N) is 3. The van der Waals surface area contributed by atoms with Gasteiger partial charge in [0.05, 0.1) is 6.61 Å². The molecule has 1 atom stereocenters. The summed E-state index contributed by atoms with van der Waals surface area (Å²) in [5.41, 5.74) is 2.31. The maximum Gasteiger partial charge on any atom is 0.191 e.